The van der Waals surface area contributed by atoms with Crippen molar-refractivity contribution in [2.45, 2.75) is 25.4 Å². The van der Waals surface area contributed by atoms with Crippen LogP contribution in [-0.4, -0.2) is 37.5 Å². The van der Waals surface area contributed by atoms with Crippen molar-refractivity contribution in [1.29, 1.82) is 0 Å². The quantitative estimate of drug-likeness (QED) is 0.912. The second-order valence-electron chi connectivity index (χ2n) is 4.88. The Labute approximate surface area is 124 Å². The molecule has 5 nitrogen and oxygen atoms in total. The molecule has 1 aromatic rings. The minimum absolute atomic E-state index is 0.247. The van der Waals surface area contributed by atoms with Gasteiger partial charge in [-0.1, -0.05) is 23.7 Å². The lowest BCUT2D eigenvalue weighted by Crippen LogP contribution is -2.45. The first kappa shape index (κ1) is 15.3. The van der Waals surface area contributed by atoms with Crippen LogP contribution in [0.15, 0.2) is 24.3 Å². The molecule has 1 N–H and O–H groups in total. The normalized spacial score (nSPS) is 20.0. The lowest BCUT2D eigenvalue weighted by Gasteiger charge is -2.21. The fourth-order valence-corrected chi connectivity index (χ4v) is 3.56. The highest BCUT2D eigenvalue weighted by Gasteiger charge is 2.36. The average molecular weight is 317 g/mol. The van der Waals surface area contributed by atoms with Crippen molar-refractivity contribution in [2.75, 3.05) is 12.8 Å². The number of hydrogen-bond donors (Lipinski definition) is 1. The van der Waals surface area contributed by atoms with Gasteiger partial charge in [-0.25, -0.2) is 8.42 Å². The second-order valence-corrected chi connectivity index (χ2v) is 7.25. The van der Waals surface area contributed by atoms with Gasteiger partial charge >= 0.3 is 0 Å². The first-order chi connectivity index (χ1) is 9.38. The molecule has 1 unspecified atom stereocenters. The maximum Gasteiger partial charge on any atom is 0.238 e. The number of carbonyl (C=O) groups is 1. The molecule has 0 bridgehead atoms. The highest BCUT2D eigenvalue weighted by molar-refractivity contribution is 7.88. The van der Waals surface area contributed by atoms with Gasteiger partial charge in [0.15, 0.2) is 0 Å². The van der Waals surface area contributed by atoms with Crippen LogP contribution in [0.25, 0.3) is 0 Å². The van der Waals surface area contributed by atoms with Crippen molar-refractivity contribution < 1.29 is 13.2 Å². The minimum atomic E-state index is -3.33. The van der Waals surface area contributed by atoms with E-state index in [1.54, 1.807) is 12.1 Å². The van der Waals surface area contributed by atoms with Gasteiger partial charge in [0, 0.05) is 18.1 Å². The van der Waals surface area contributed by atoms with Crippen LogP contribution in [0.1, 0.15) is 18.4 Å². The Morgan fingerprint density at radius 1 is 1.40 bits per heavy atom. The van der Waals surface area contributed by atoms with Crippen molar-refractivity contribution in [1.82, 2.24) is 9.62 Å². The van der Waals surface area contributed by atoms with Gasteiger partial charge < -0.3 is 5.32 Å². The molecule has 1 aliphatic heterocycles. The predicted molar refractivity (Wildman–Crippen MR) is 77.9 cm³/mol. The third-order valence-corrected chi connectivity index (χ3v) is 4.85. The molecule has 1 aliphatic rings. The second kappa shape index (κ2) is 6.11. The molecule has 110 valence electrons. The zero-order chi connectivity index (χ0) is 14.8. The van der Waals surface area contributed by atoms with Gasteiger partial charge in [0.1, 0.15) is 6.04 Å². The van der Waals surface area contributed by atoms with Crippen molar-refractivity contribution in [3.8, 4) is 0 Å². The van der Waals surface area contributed by atoms with Gasteiger partial charge in [0.05, 0.1) is 6.26 Å². The molecule has 1 saturated heterocycles. The molecule has 7 heteroatoms. The summed E-state index contributed by atoms with van der Waals surface area (Å²) < 4.78 is 24.5. The van der Waals surface area contributed by atoms with E-state index >= 15 is 0 Å². The minimum Gasteiger partial charge on any atom is -0.351 e. The molecule has 20 heavy (non-hydrogen) atoms. The standard InChI is InChI=1S/C13H17ClN2O3S/c1-20(18,19)16-8-2-3-12(16)13(17)15-9-10-4-6-11(14)7-5-10/h4-7,12H,2-3,8-9H2,1H3,(H,15,17). The Kier molecular flexibility index (Phi) is 4.67. The Morgan fingerprint density at radius 3 is 2.65 bits per heavy atom. The molecule has 1 atom stereocenters. The lowest BCUT2D eigenvalue weighted by atomic mass is 10.2. The molecule has 0 aliphatic carbocycles. The molecule has 0 spiro atoms. The number of benzene rings is 1. The molecular formula is C13H17ClN2O3S. The maximum atomic E-state index is 12.1. The van der Waals surface area contributed by atoms with Gasteiger partial charge in [-0.05, 0) is 30.5 Å². The molecule has 0 aromatic heterocycles. The van der Waals surface area contributed by atoms with Crippen LogP contribution in [0.2, 0.25) is 5.02 Å². The summed E-state index contributed by atoms with van der Waals surface area (Å²) in [6.07, 6.45) is 2.42. The molecule has 0 radical (unpaired) electrons. The third kappa shape index (κ3) is 3.71. The Morgan fingerprint density at radius 2 is 2.05 bits per heavy atom. The van der Waals surface area contributed by atoms with E-state index < -0.39 is 16.1 Å². The largest absolute Gasteiger partial charge is 0.351 e. The zero-order valence-corrected chi connectivity index (χ0v) is 12.7. The Hall–Kier alpha value is -1.11. The van der Waals surface area contributed by atoms with Crippen molar-refractivity contribution in [3.05, 3.63) is 34.9 Å². The summed E-state index contributed by atoms with van der Waals surface area (Å²) in [5.74, 6) is -0.247. The summed E-state index contributed by atoms with van der Waals surface area (Å²) in [7, 11) is -3.33. The number of amides is 1. The molecule has 0 saturated carbocycles. The van der Waals surface area contributed by atoms with Gasteiger partial charge in [0.2, 0.25) is 15.9 Å². The van der Waals surface area contributed by atoms with Gasteiger partial charge in [0.25, 0.3) is 0 Å². The summed E-state index contributed by atoms with van der Waals surface area (Å²) in [6.45, 7) is 0.780. The first-order valence-electron chi connectivity index (χ1n) is 6.37. The molecule has 1 heterocycles. The highest BCUT2D eigenvalue weighted by atomic mass is 35.5. The summed E-state index contributed by atoms with van der Waals surface area (Å²) >= 11 is 5.79. The van der Waals surface area contributed by atoms with E-state index in [9.17, 15) is 13.2 Å². The fourth-order valence-electron chi connectivity index (χ4n) is 2.31. The highest BCUT2D eigenvalue weighted by Crippen LogP contribution is 2.20. The molecule has 1 amide bonds. The third-order valence-electron chi connectivity index (χ3n) is 3.31. The summed E-state index contributed by atoms with van der Waals surface area (Å²) in [6, 6.07) is 6.57. The van der Waals surface area contributed by atoms with Crippen LogP contribution in [-0.2, 0) is 21.4 Å². The van der Waals surface area contributed by atoms with Crippen LogP contribution < -0.4 is 5.32 Å². The van der Waals surface area contributed by atoms with Gasteiger partial charge in [-0.3, -0.25) is 4.79 Å². The van der Waals surface area contributed by atoms with E-state index in [0.29, 0.717) is 31.0 Å². The molecule has 2 rings (SSSR count). The maximum absolute atomic E-state index is 12.1. The van der Waals surface area contributed by atoms with Crippen LogP contribution in [0.4, 0.5) is 0 Å². The van der Waals surface area contributed by atoms with Crippen molar-refractivity contribution in [2.24, 2.45) is 0 Å². The van der Waals surface area contributed by atoms with Gasteiger partial charge in [-0.2, -0.15) is 4.31 Å². The van der Waals surface area contributed by atoms with Crippen molar-refractivity contribution >= 4 is 27.5 Å². The van der Waals surface area contributed by atoms with Crippen LogP contribution >= 0.6 is 11.6 Å². The van der Waals surface area contributed by atoms with E-state index in [1.165, 1.54) is 4.31 Å². The SMILES string of the molecule is CS(=O)(=O)N1CCCC1C(=O)NCc1ccc(Cl)cc1. The zero-order valence-electron chi connectivity index (χ0n) is 11.2. The van der Waals surface area contributed by atoms with E-state index in [1.807, 2.05) is 12.1 Å². The van der Waals surface area contributed by atoms with E-state index in [4.69, 9.17) is 11.6 Å². The average Bonchev–Trinajstić information content (AvgIpc) is 2.87. The van der Waals surface area contributed by atoms with E-state index in [0.717, 1.165) is 11.8 Å². The summed E-state index contributed by atoms with van der Waals surface area (Å²) in [4.78, 5) is 12.1. The number of rotatable bonds is 4. The fraction of sp³-hybridized carbons (Fsp3) is 0.462. The molecular weight excluding hydrogens is 300 g/mol. The number of carbonyl (C=O) groups excluding carboxylic acids is 1. The topological polar surface area (TPSA) is 66.5 Å². The number of hydrogen-bond acceptors (Lipinski definition) is 3. The number of halogens is 1. The Balaban J connectivity index is 1.96. The van der Waals surface area contributed by atoms with Crippen LogP contribution in [0, 0.1) is 0 Å². The van der Waals surface area contributed by atoms with E-state index in [2.05, 4.69) is 5.32 Å². The smallest absolute Gasteiger partial charge is 0.238 e. The molecule has 1 fully saturated rings. The predicted octanol–water partition coefficient (Wildman–Crippen LogP) is 1.38. The first-order valence-corrected chi connectivity index (χ1v) is 8.59. The van der Waals surface area contributed by atoms with E-state index in [-0.39, 0.29) is 5.91 Å². The van der Waals surface area contributed by atoms with Crippen molar-refractivity contribution in [3.63, 3.8) is 0 Å². The summed E-state index contributed by atoms with van der Waals surface area (Å²) in [5, 5.41) is 3.41. The number of nitrogens with one attached hydrogen (secondary N) is 1. The number of nitrogens with zero attached hydrogens (tertiary/aromatic N) is 1. The lowest BCUT2D eigenvalue weighted by molar-refractivity contribution is -0.124. The van der Waals surface area contributed by atoms with Gasteiger partial charge in [-0.15, -0.1) is 0 Å². The Bertz CT molecular complexity index is 586. The van der Waals surface area contributed by atoms with Crippen LogP contribution in [0.5, 0.6) is 0 Å². The monoisotopic (exact) mass is 316 g/mol. The molecule has 1 aromatic carbocycles. The summed E-state index contributed by atoms with van der Waals surface area (Å²) in [5.41, 5.74) is 0.923. The number of sulfonamides is 1. The van der Waals surface area contributed by atoms with Crippen LogP contribution in [0.3, 0.4) is 0 Å².